The molecule has 4 rings (SSSR count). The number of nitrogens with zero attached hydrogens (tertiary/aromatic N) is 1. The highest BCUT2D eigenvalue weighted by Crippen LogP contribution is 2.40. The molecule has 1 aliphatic rings. The summed E-state index contributed by atoms with van der Waals surface area (Å²) in [6.07, 6.45) is 1.53. The van der Waals surface area contributed by atoms with E-state index in [1.807, 2.05) is 6.92 Å². The van der Waals surface area contributed by atoms with E-state index < -0.39 is 22.9 Å². The molecular formula is C28H22BrCl2FN2O5S. The van der Waals surface area contributed by atoms with E-state index in [1.165, 1.54) is 24.3 Å². The van der Waals surface area contributed by atoms with E-state index in [0.29, 0.717) is 38.9 Å². The number of carbonyl (C=O) groups is 3. The third kappa shape index (κ3) is 6.98. The summed E-state index contributed by atoms with van der Waals surface area (Å²) in [6.45, 7) is 3.37. The monoisotopic (exact) mass is 666 g/mol. The van der Waals surface area contributed by atoms with Crippen molar-refractivity contribution in [3.63, 3.8) is 0 Å². The zero-order valence-corrected chi connectivity index (χ0v) is 25.1. The van der Waals surface area contributed by atoms with Crippen molar-refractivity contribution < 1.29 is 28.2 Å². The SMILES string of the molecule is CCOc1cc(/C=C2\SC(=O)N(Cc3c(F)cccc3Cl)C2=O)cc(Br)c1OCC(=O)Nc1ccc(C)c(Cl)c1. The number of benzene rings is 3. The predicted molar refractivity (Wildman–Crippen MR) is 159 cm³/mol. The van der Waals surface area contributed by atoms with Crippen molar-refractivity contribution in [1.82, 2.24) is 4.90 Å². The van der Waals surface area contributed by atoms with Crippen molar-refractivity contribution in [2.45, 2.75) is 20.4 Å². The fraction of sp³-hybridized carbons (Fsp3) is 0.179. The number of hydrogen-bond acceptors (Lipinski definition) is 6. The molecule has 0 radical (unpaired) electrons. The van der Waals surface area contributed by atoms with Gasteiger partial charge >= 0.3 is 0 Å². The number of thioether (sulfide) groups is 1. The Labute approximate surface area is 252 Å². The summed E-state index contributed by atoms with van der Waals surface area (Å²) in [5, 5.41) is 2.84. The minimum absolute atomic E-state index is 0.0603. The number of ether oxygens (including phenoxy) is 2. The Bertz CT molecular complexity index is 1510. The summed E-state index contributed by atoms with van der Waals surface area (Å²) in [5.74, 6) is -0.962. The smallest absolute Gasteiger partial charge is 0.293 e. The highest BCUT2D eigenvalue weighted by molar-refractivity contribution is 9.10. The Morgan fingerprint density at radius 3 is 2.60 bits per heavy atom. The van der Waals surface area contributed by atoms with Crippen molar-refractivity contribution in [3.05, 3.63) is 90.5 Å². The lowest BCUT2D eigenvalue weighted by Gasteiger charge is -2.15. The van der Waals surface area contributed by atoms with Crippen molar-refractivity contribution in [3.8, 4) is 11.5 Å². The Morgan fingerprint density at radius 1 is 1.12 bits per heavy atom. The van der Waals surface area contributed by atoms with Gasteiger partial charge in [0.25, 0.3) is 17.1 Å². The summed E-state index contributed by atoms with van der Waals surface area (Å²) < 4.78 is 26.2. The molecule has 3 aromatic carbocycles. The normalized spacial score (nSPS) is 14.2. The van der Waals surface area contributed by atoms with Gasteiger partial charge in [-0.1, -0.05) is 35.3 Å². The van der Waals surface area contributed by atoms with Crippen molar-refractivity contribution in [2.75, 3.05) is 18.5 Å². The molecule has 0 atom stereocenters. The van der Waals surface area contributed by atoms with Gasteiger partial charge in [0.15, 0.2) is 18.1 Å². The molecule has 1 heterocycles. The minimum Gasteiger partial charge on any atom is -0.490 e. The fourth-order valence-corrected chi connectivity index (χ4v) is 5.52. The average Bonchev–Trinajstić information content (AvgIpc) is 3.15. The molecule has 1 aliphatic heterocycles. The topological polar surface area (TPSA) is 84.9 Å². The van der Waals surface area contributed by atoms with Crippen LogP contribution in [-0.2, 0) is 16.1 Å². The highest BCUT2D eigenvalue weighted by Gasteiger charge is 2.36. The first-order chi connectivity index (χ1) is 19.1. The molecule has 0 aromatic heterocycles. The van der Waals surface area contributed by atoms with Gasteiger partial charge in [0.05, 0.1) is 22.5 Å². The number of nitrogens with one attached hydrogen (secondary N) is 1. The van der Waals surface area contributed by atoms with Crippen LogP contribution in [0.4, 0.5) is 14.9 Å². The Morgan fingerprint density at radius 2 is 1.90 bits per heavy atom. The second-order valence-electron chi connectivity index (χ2n) is 8.53. The number of hydrogen-bond donors (Lipinski definition) is 1. The van der Waals surface area contributed by atoms with E-state index in [2.05, 4.69) is 21.2 Å². The zero-order chi connectivity index (χ0) is 29.0. The molecule has 1 fully saturated rings. The van der Waals surface area contributed by atoms with E-state index in [4.69, 9.17) is 32.7 Å². The van der Waals surface area contributed by atoms with Crippen molar-refractivity contribution in [1.29, 1.82) is 0 Å². The molecule has 0 saturated carbocycles. The van der Waals surface area contributed by atoms with Crippen LogP contribution in [0.1, 0.15) is 23.6 Å². The first-order valence-corrected chi connectivity index (χ1v) is 14.3. The van der Waals surface area contributed by atoms with Crippen LogP contribution in [0.5, 0.6) is 11.5 Å². The molecular weight excluding hydrogens is 646 g/mol. The molecule has 7 nitrogen and oxygen atoms in total. The van der Waals surface area contributed by atoms with E-state index in [9.17, 15) is 18.8 Å². The van der Waals surface area contributed by atoms with E-state index in [-0.39, 0.29) is 28.6 Å². The van der Waals surface area contributed by atoms with E-state index >= 15 is 0 Å². The number of rotatable bonds is 9. The minimum atomic E-state index is -0.604. The maximum Gasteiger partial charge on any atom is 0.293 e. The molecule has 1 N–H and O–H groups in total. The fourth-order valence-electron chi connectivity index (χ4n) is 3.71. The van der Waals surface area contributed by atoms with Crippen LogP contribution in [0.25, 0.3) is 6.08 Å². The van der Waals surface area contributed by atoms with Gasteiger partial charge in [-0.25, -0.2) is 4.39 Å². The molecule has 0 unspecified atom stereocenters. The summed E-state index contributed by atoms with van der Waals surface area (Å²) in [4.78, 5) is 39.2. The van der Waals surface area contributed by atoms with Crippen LogP contribution >= 0.6 is 50.9 Å². The van der Waals surface area contributed by atoms with Crippen LogP contribution in [0.3, 0.4) is 0 Å². The summed E-state index contributed by atoms with van der Waals surface area (Å²) >= 11 is 16.4. The lowest BCUT2D eigenvalue weighted by Crippen LogP contribution is -2.28. The number of imide groups is 1. The molecule has 1 saturated heterocycles. The van der Waals surface area contributed by atoms with Gasteiger partial charge < -0.3 is 14.8 Å². The molecule has 3 aromatic rings. The summed E-state index contributed by atoms with van der Waals surface area (Å²) in [6, 6.07) is 12.6. The number of carbonyl (C=O) groups excluding carboxylic acids is 3. The van der Waals surface area contributed by atoms with E-state index in [0.717, 1.165) is 22.2 Å². The molecule has 0 spiro atoms. The second kappa shape index (κ2) is 13.1. The molecule has 0 bridgehead atoms. The summed E-state index contributed by atoms with van der Waals surface area (Å²) in [7, 11) is 0. The van der Waals surface area contributed by atoms with Gasteiger partial charge in [0.2, 0.25) is 0 Å². The predicted octanol–water partition coefficient (Wildman–Crippen LogP) is 7.86. The van der Waals surface area contributed by atoms with Gasteiger partial charge in [0, 0.05) is 21.3 Å². The molecule has 208 valence electrons. The standard InChI is InChI=1S/C28H22BrCl2FN2O5S/c1-3-38-23-10-16(9-19(29)26(23)39-14-25(35)33-17-8-7-15(2)21(31)12-17)11-24-27(36)34(28(37)40-24)13-18-20(30)5-4-6-22(18)32/h4-12H,3,13-14H2,1-2H3,(H,33,35)/b24-11-. The van der Waals surface area contributed by atoms with Crippen LogP contribution in [0, 0.1) is 12.7 Å². The maximum absolute atomic E-state index is 14.2. The van der Waals surface area contributed by atoms with Crippen LogP contribution in [-0.4, -0.2) is 35.2 Å². The Hall–Kier alpha value is -3.05. The van der Waals surface area contributed by atoms with Crippen LogP contribution < -0.4 is 14.8 Å². The summed E-state index contributed by atoms with van der Waals surface area (Å²) in [5.41, 5.74) is 2.02. The quantitative estimate of drug-likeness (QED) is 0.234. The molecule has 3 amide bonds. The average molecular weight is 668 g/mol. The third-order valence-corrected chi connectivity index (χ3v) is 7.94. The van der Waals surface area contributed by atoms with Gasteiger partial charge in [-0.05, 0) is 95.1 Å². The van der Waals surface area contributed by atoms with Crippen LogP contribution in [0.15, 0.2) is 57.9 Å². The second-order valence-corrected chi connectivity index (χ2v) is 11.2. The van der Waals surface area contributed by atoms with Gasteiger partial charge in [-0.3, -0.25) is 19.3 Å². The number of amides is 3. The Kier molecular flexibility index (Phi) is 9.78. The molecule has 0 aliphatic carbocycles. The first kappa shape index (κ1) is 29.9. The molecule has 12 heteroatoms. The van der Waals surface area contributed by atoms with Crippen molar-refractivity contribution >= 4 is 79.7 Å². The van der Waals surface area contributed by atoms with Crippen LogP contribution in [0.2, 0.25) is 10.0 Å². The lowest BCUT2D eigenvalue weighted by molar-refractivity contribution is -0.123. The molecule has 40 heavy (non-hydrogen) atoms. The maximum atomic E-state index is 14.2. The Balaban J connectivity index is 1.50. The number of anilines is 1. The van der Waals surface area contributed by atoms with Gasteiger partial charge in [-0.15, -0.1) is 0 Å². The zero-order valence-electron chi connectivity index (χ0n) is 21.2. The van der Waals surface area contributed by atoms with Gasteiger partial charge in [-0.2, -0.15) is 0 Å². The largest absolute Gasteiger partial charge is 0.490 e. The van der Waals surface area contributed by atoms with Gasteiger partial charge in [0.1, 0.15) is 5.82 Å². The van der Waals surface area contributed by atoms with Crippen molar-refractivity contribution in [2.24, 2.45) is 0 Å². The number of aryl methyl sites for hydroxylation is 1. The highest BCUT2D eigenvalue weighted by atomic mass is 79.9. The lowest BCUT2D eigenvalue weighted by atomic mass is 10.1. The number of halogens is 4. The third-order valence-electron chi connectivity index (χ3n) is 5.68. The van der Waals surface area contributed by atoms with E-state index in [1.54, 1.807) is 37.3 Å². The first-order valence-electron chi connectivity index (χ1n) is 11.9.